The number of amidine groups is 1. The lowest BCUT2D eigenvalue weighted by molar-refractivity contribution is 0.318. The molecule has 0 radical (unpaired) electrons. The Hall–Kier alpha value is -1.82. The first-order valence-corrected chi connectivity index (χ1v) is 7.29. The van der Waals surface area contributed by atoms with Crippen molar-refractivity contribution in [3.05, 3.63) is 29.6 Å². The van der Waals surface area contributed by atoms with E-state index in [4.69, 9.17) is 10.9 Å². The van der Waals surface area contributed by atoms with Crippen molar-refractivity contribution < 1.29 is 9.60 Å². The second kappa shape index (κ2) is 6.76. The van der Waals surface area contributed by atoms with Crippen LogP contribution in [0.5, 0.6) is 0 Å². The summed E-state index contributed by atoms with van der Waals surface area (Å²) in [5, 5.41) is 12.0. The fourth-order valence-electron chi connectivity index (χ4n) is 2.93. The van der Waals surface area contributed by atoms with E-state index in [9.17, 15) is 4.39 Å². The number of nitrogens with two attached hydrogens (primary N) is 1. The monoisotopic (exact) mass is 294 g/mol. The van der Waals surface area contributed by atoms with E-state index in [0.29, 0.717) is 11.6 Å². The smallest absolute Gasteiger partial charge is 0.172 e. The van der Waals surface area contributed by atoms with Crippen LogP contribution in [-0.4, -0.2) is 48.7 Å². The van der Waals surface area contributed by atoms with Crippen molar-refractivity contribution in [2.24, 2.45) is 10.9 Å². The number of benzene rings is 1. The van der Waals surface area contributed by atoms with Crippen LogP contribution in [0.15, 0.2) is 23.4 Å². The van der Waals surface area contributed by atoms with Crippen molar-refractivity contribution in [3.63, 3.8) is 0 Å². The van der Waals surface area contributed by atoms with E-state index in [1.54, 1.807) is 6.07 Å². The molecule has 5 nitrogen and oxygen atoms in total. The zero-order valence-corrected chi connectivity index (χ0v) is 12.6. The molecule has 1 aromatic carbocycles. The number of anilines is 1. The van der Waals surface area contributed by atoms with Gasteiger partial charge in [0.1, 0.15) is 5.82 Å². The molecule has 0 spiro atoms. The van der Waals surface area contributed by atoms with Gasteiger partial charge < -0.3 is 20.7 Å². The number of oxime groups is 1. The van der Waals surface area contributed by atoms with Gasteiger partial charge in [0.25, 0.3) is 0 Å². The molecule has 1 atom stereocenters. The Bertz CT molecular complexity index is 520. The van der Waals surface area contributed by atoms with E-state index in [2.05, 4.69) is 28.9 Å². The van der Waals surface area contributed by atoms with E-state index < -0.39 is 0 Å². The van der Waals surface area contributed by atoms with Crippen LogP contribution in [0.4, 0.5) is 10.1 Å². The first kappa shape index (κ1) is 15.6. The van der Waals surface area contributed by atoms with Gasteiger partial charge in [-0.25, -0.2) is 4.39 Å². The Balaban J connectivity index is 2.43. The molecule has 1 aromatic rings. The third-order valence-corrected chi connectivity index (χ3v) is 4.03. The average molecular weight is 294 g/mol. The highest BCUT2D eigenvalue weighted by Crippen LogP contribution is 2.26. The molecule has 0 saturated carbocycles. The second-order valence-corrected chi connectivity index (χ2v) is 5.52. The number of rotatable bonds is 3. The van der Waals surface area contributed by atoms with Crippen LogP contribution in [0, 0.1) is 5.82 Å². The molecule has 0 aliphatic carbocycles. The molecule has 1 fully saturated rings. The van der Waals surface area contributed by atoms with Gasteiger partial charge in [0.2, 0.25) is 0 Å². The second-order valence-electron chi connectivity index (χ2n) is 5.52. The first-order valence-electron chi connectivity index (χ1n) is 7.29. The summed E-state index contributed by atoms with van der Waals surface area (Å²) in [5.74, 6) is -0.447. The minimum absolute atomic E-state index is 0.0584. The molecular formula is C15H23FN4O. The van der Waals surface area contributed by atoms with Crippen molar-refractivity contribution in [1.29, 1.82) is 0 Å². The van der Waals surface area contributed by atoms with Crippen molar-refractivity contribution in [3.8, 4) is 0 Å². The maximum atomic E-state index is 13.5. The molecule has 0 amide bonds. The Morgan fingerprint density at radius 2 is 2.24 bits per heavy atom. The minimum atomic E-state index is -0.389. The Morgan fingerprint density at radius 3 is 2.90 bits per heavy atom. The van der Waals surface area contributed by atoms with Gasteiger partial charge in [0.15, 0.2) is 5.84 Å². The van der Waals surface area contributed by atoms with Crippen LogP contribution in [0.25, 0.3) is 0 Å². The SMILES string of the molecule is CCC1CN(C)CCCN1c1ccc(F)cc1/C(N)=N/O. The van der Waals surface area contributed by atoms with E-state index in [1.807, 2.05) is 0 Å². The number of likely N-dealkylation sites (N-methyl/N-ethyl adjacent to an activating group) is 1. The van der Waals surface area contributed by atoms with Crippen LogP contribution in [0.2, 0.25) is 0 Å². The summed E-state index contributed by atoms with van der Waals surface area (Å²) in [6, 6.07) is 4.79. The molecule has 1 saturated heterocycles. The largest absolute Gasteiger partial charge is 0.409 e. The normalized spacial score (nSPS) is 21.4. The molecule has 2 rings (SSSR count). The van der Waals surface area contributed by atoms with Crippen molar-refractivity contribution in [1.82, 2.24) is 4.90 Å². The maximum Gasteiger partial charge on any atom is 0.172 e. The van der Waals surface area contributed by atoms with Crippen molar-refractivity contribution >= 4 is 11.5 Å². The molecule has 0 aromatic heterocycles. The Labute approximate surface area is 124 Å². The lowest BCUT2D eigenvalue weighted by Gasteiger charge is -2.33. The molecule has 21 heavy (non-hydrogen) atoms. The van der Waals surface area contributed by atoms with Crippen LogP contribution in [-0.2, 0) is 0 Å². The highest BCUT2D eigenvalue weighted by Gasteiger charge is 2.25. The number of halogens is 1. The summed E-state index contributed by atoms with van der Waals surface area (Å²) in [7, 11) is 2.11. The molecule has 3 N–H and O–H groups in total. The van der Waals surface area contributed by atoms with Gasteiger partial charge in [-0.15, -0.1) is 0 Å². The van der Waals surface area contributed by atoms with E-state index in [1.165, 1.54) is 12.1 Å². The summed E-state index contributed by atoms with van der Waals surface area (Å²) in [6.45, 7) is 5.00. The summed E-state index contributed by atoms with van der Waals surface area (Å²) in [5.41, 5.74) is 6.99. The van der Waals surface area contributed by atoms with Crippen LogP contribution in [0.1, 0.15) is 25.3 Å². The number of hydrogen-bond donors (Lipinski definition) is 2. The van der Waals surface area contributed by atoms with Gasteiger partial charge in [-0.05, 0) is 44.6 Å². The van der Waals surface area contributed by atoms with Crippen LogP contribution >= 0.6 is 0 Å². The number of nitrogens with zero attached hydrogens (tertiary/aromatic N) is 3. The molecule has 6 heteroatoms. The van der Waals surface area contributed by atoms with Gasteiger partial charge in [0.05, 0.1) is 0 Å². The summed E-state index contributed by atoms with van der Waals surface area (Å²) >= 11 is 0. The number of hydrogen-bond acceptors (Lipinski definition) is 4. The minimum Gasteiger partial charge on any atom is -0.409 e. The molecule has 1 aliphatic heterocycles. The average Bonchev–Trinajstić information content (AvgIpc) is 2.67. The van der Waals surface area contributed by atoms with E-state index >= 15 is 0 Å². The summed E-state index contributed by atoms with van der Waals surface area (Å²) in [4.78, 5) is 4.55. The first-order chi connectivity index (χ1) is 10.1. The van der Waals surface area contributed by atoms with Gasteiger partial charge in [0, 0.05) is 30.4 Å². The molecule has 0 bridgehead atoms. The maximum absolute atomic E-state index is 13.5. The summed E-state index contributed by atoms with van der Waals surface area (Å²) < 4.78 is 13.5. The fourth-order valence-corrected chi connectivity index (χ4v) is 2.93. The summed E-state index contributed by atoms with van der Waals surface area (Å²) in [6.07, 6.45) is 2.01. The van der Waals surface area contributed by atoms with Gasteiger partial charge in [-0.1, -0.05) is 12.1 Å². The predicted molar refractivity (Wildman–Crippen MR) is 82.4 cm³/mol. The fraction of sp³-hybridized carbons (Fsp3) is 0.533. The van der Waals surface area contributed by atoms with Crippen LogP contribution < -0.4 is 10.6 Å². The van der Waals surface area contributed by atoms with Gasteiger partial charge >= 0.3 is 0 Å². The zero-order chi connectivity index (χ0) is 15.4. The highest BCUT2D eigenvalue weighted by atomic mass is 19.1. The molecule has 1 heterocycles. The molecular weight excluding hydrogens is 271 g/mol. The Kier molecular flexibility index (Phi) is 5.01. The molecule has 116 valence electrons. The predicted octanol–water partition coefficient (Wildman–Crippen LogP) is 1.84. The highest BCUT2D eigenvalue weighted by molar-refractivity contribution is 6.02. The van der Waals surface area contributed by atoms with Gasteiger partial charge in [-0.2, -0.15) is 0 Å². The van der Waals surface area contributed by atoms with E-state index in [0.717, 1.165) is 38.2 Å². The van der Waals surface area contributed by atoms with Crippen LogP contribution in [0.3, 0.4) is 0 Å². The van der Waals surface area contributed by atoms with Gasteiger partial charge in [-0.3, -0.25) is 0 Å². The van der Waals surface area contributed by atoms with E-state index in [-0.39, 0.29) is 11.7 Å². The third kappa shape index (κ3) is 3.44. The van der Waals surface area contributed by atoms with Crippen molar-refractivity contribution in [2.45, 2.75) is 25.8 Å². The lowest BCUT2D eigenvalue weighted by Crippen LogP contribution is -2.40. The zero-order valence-electron chi connectivity index (χ0n) is 12.6. The standard InChI is InChI=1S/C15H23FN4O/c1-3-12-10-19(2)7-4-8-20(12)14-6-5-11(16)9-13(14)15(17)18-21/h5-6,9,12,21H,3-4,7-8,10H2,1-2H3,(H2,17,18). The lowest BCUT2D eigenvalue weighted by atomic mass is 10.1. The quantitative estimate of drug-likeness (QED) is 0.386. The van der Waals surface area contributed by atoms with Crippen molar-refractivity contribution in [2.75, 3.05) is 31.6 Å². The topological polar surface area (TPSA) is 65.1 Å². The Morgan fingerprint density at radius 1 is 1.48 bits per heavy atom. The molecule has 1 aliphatic rings. The third-order valence-electron chi connectivity index (χ3n) is 4.03. The molecule has 1 unspecified atom stereocenters.